The predicted octanol–water partition coefficient (Wildman–Crippen LogP) is 0.809. The van der Waals surface area contributed by atoms with Crippen molar-refractivity contribution in [2.45, 2.75) is 19.8 Å². The van der Waals surface area contributed by atoms with E-state index in [0.717, 1.165) is 12.2 Å². The predicted molar refractivity (Wildman–Crippen MR) is 57.3 cm³/mol. The highest BCUT2D eigenvalue weighted by Crippen LogP contribution is 1.91. The summed E-state index contributed by atoms with van der Waals surface area (Å²) in [6, 6.07) is 0. The number of thioether (sulfide) groups is 1. The van der Waals surface area contributed by atoms with Gasteiger partial charge in [0.15, 0.2) is 0 Å². The number of hydrogen-bond acceptors (Lipinski definition) is 4. The molecule has 0 radical (unpaired) electrons. The van der Waals surface area contributed by atoms with Crippen LogP contribution in [0.4, 0.5) is 0 Å². The molecule has 0 rings (SSSR count). The minimum absolute atomic E-state index is 0.0206. The third kappa shape index (κ3) is 7.91. The Kier molecular flexibility index (Phi) is 8.42. The molecule has 0 bridgehead atoms. The molecule has 0 unspecified atom stereocenters. The summed E-state index contributed by atoms with van der Waals surface area (Å²) < 4.78 is 4.84. The Hall–Kier alpha value is -0.710. The van der Waals surface area contributed by atoms with E-state index in [1.807, 2.05) is 13.2 Å². The summed E-state index contributed by atoms with van der Waals surface area (Å²) in [6.07, 6.45) is 3.18. The van der Waals surface area contributed by atoms with Crippen LogP contribution in [0.5, 0.6) is 0 Å². The number of carbonyl (C=O) groups excluding carboxylic acids is 2. The molecule has 0 heterocycles. The molecule has 0 atom stereocenters. The summed E-state index contributed by atoms with van der Waals surface area (Å²) in [5.41, 5.74) is 0. The molecule has 0 fully saturated rings. The fourth-order valence-electron chi connectivity index (χ4n) is 0.776. The van der Waals surface area contributed by atoms with E-state index in [1.54, 1.807) is 11.8 Å². The van der Waals surface area contributed by atoms with Gasteiger partial charge in [-0.25, -0.2) is 0 Å². The van der Waals surface area contributed by atoms with Crippen LogP contribution in [0.15, 0.2) is 0 Å². The normalized spacial score (nSPS) is 9.57. The molecule has 0 saturated carbocycles. The molecule has 0 spiro atoms. The van der Waals surface area contributed by atoms with Crippen LogP contribution in [0.25, 0.3) is 0 Å². The van der Waals surface area contributed by atoms with Crippen LogP contribution in [0.1, 0.15) is 19.8 Å². The fraction of sp³-hybridized carbons (Fsp3) is 0.778. The Morgan fingerprint density at radius 3 is 2.71 bits per heavy atom. The topological polar surface area (TPSA) is 55.4 Å². The second kappa shape index (κ2) is 8.87. The van der Waals surface area contributed by atoms with Gasteiger partial charge in [-0.1, -0.05) is 6.92 Å². The first-order valence-electron chi connectivity index (χ1n) is 4.62. The standard InChI is InChI=1S/C9H17NO3S/c1-3-4-8(11)10-7-9(12)13-5-6-14-2/h3-7H2,1-2H3,(H,10,11). The summed E-state index contributed by atoms with van der Waals surface area (Å²) in [7, 11) is 0. The minimum Gasteiger partial charge on any atom is -0.463 e. The quantitative estimate of drug-likeness (QED) is 0.508. The smallest absolute Gasteiger partial charge is 0.325 e. The van der Waals surface area contributed by atoms with Gasteiger partial charge in [0.2, 0.25) is 5.91 Å². The van der Waals surface area contributed by atoms with Gasteiger partial charge < -0.3 is 10.1 Å². The van der Waals surface area contributed by atoms with Crippen LogP contribution in [-0.2, 0) is 14.3 Å². The van der Waals surface area contributed by atoms with Gasteiger partial charge in [0, 0.05) is 12.2 Å². The first-order valence-corrected chi connectivity index (χ1v) is 6.01. The molecular weight excluding hydrogens is 202 g/mol. The Balaban J connectivity index is 3.39. The molecule has 14 heavy (non-hydrogen) atoms. The van der Waals surface area contributed by atoms with Crippen LogP contribution in [0.3, 0.4) is 0 Å². The largest absolute Gasteiger partial charge is 0.463 e. The highest BCUT2D eigenvalue weighted by molar-refractivity contribution is 7.98. The van der Waals surface area contributed by atoms with Gasteiger partial charge in [-0.2, -0.15) is 11.8 Å². The summed E-state index contributed by atoms with van der Waals surface area (Å²) in [4.78, 5) is 21.9. The van der Waals surface area contributed by atoms with E-state index in [9.17, 15) is 9.59 Å². The van der Waals surface area contributed by atoms with Crippen molar-refractivity contribution in [3.8, 4) is 0 Å². The number of rotatable bonds is 7. The molecule has 1 amide bonds. The zero-order valence-corrected chi connectivity index (χ0v) is 9.49. The Morgan fingerprint density at radius 1 is 1.43 bits per heavy atom. The second-order valence-electron chi connectivity index (χ2n) is 2.74. The molecule has 0 aromatic rings. The highest BCUT2D eigenvalue weighted by atomic mass is 32.2. The van der Waals surface area contributed by atoms with Crippen molar-refractivity contribution in [3.63, 3.8) is 0 Å². The van der Waals surface area contributed by atoms with Crippen molar-refractivity contribution in [2.24, 2.45) is 0 Å². The van der Waals surface area contributed by atoms with Gasteiger partial charge in [-0.15, -0.1) is 0 Å². The third-order valence-corrected chi connectivity index (χ3v) is 2.03. The van der Waals surface area contributed by atoms with Crippen molar-refractivity contribution < 1.29 is 14.3 Å². The van der Waals surface area contributed by atoms with E-state index in [0.29, 0.717) is 13.0 Å². The van der Waals surface area contributed by atoms with Crippen LogP contribution in [0, 0.1) is 0 Å². The lowest BCUT2D eigenvalue weighted by atomic mass is 10.3. The summed E-state index contributed by atoms with van der Waals surface area (Å²) in [5, 5.41) is 2.49. The average Bonchev–Trinajstić information content (AvgIpc) is 2.16. The lowest BCUT2D eigenvalue weighted by Gasteiger charge is -2.04. The van der Waals surface area contributed by atoms with Crippen molar-refractivity contribution in [3.05, 3.63) is 0 Å². The van der Waals surface area contributed by atoms with E-state index in [-0.39, 0.29) is 18.4 Å². The number of nitrogens with one attached hydrogen (secondary N) is 1. The van der Waals surface area contributed by atoms with Crippen molar-refractivity contribution in [1.82, 2.24) is 5.32 Å². The van der Waals surface area contributed by atoms with Gasteiger partial charge in [-0.3, -0.25) is 9.59 Å². The second-order valence-corrected chi connectivity index (χ2v) is 3.73. The number of hydrogen-bond donors (Lipinski definition) is 1. The van der Waals surface area contributed by atoms with E-state index < -0.39 is 0 Å². The molecule has 0 aliphatic carbocycles. The monoisotopic (exact) mass is 219 g/mol. The Bertz CT molecular complexity index is 185. The summed E-state index contributed by atoms with van der Waals surface area (Å²) in [6.45, 7) is 2.30. The van der Waals surface area contributed by atoms with Crippen molar-refractivity contribution >= 4 is 23.6 Å². The van der Waals surface area contributed by atoms with E-state index in [4.69, 9.17) is 4.74 Å². The van der Waals surface area contributed by atoms with Crippen LogP contribution < -0.4 is 5.32 Å². The fourth-order valence-corrected chi connectivity index (χ4v) is 1.03. The van der Waals surface area contributed by atoms with Gasteiger partial charge >= 0.3 is 5.97 Å². The molecule has 0 aliphatic rings. The first kappa shape index (κ1) is 13.3. The van der Waals surface area contributed by atoms with Gasteiger partial charge in [0.25, 0.3) is 0 Å². The lowest BCUT2D eigenvalue weighted by molar-refractivity contribution is -0.143. The van der Waals surface area contributed by atoms with Crippen molar-refractivity contribution in [1.29, 1.82) is 0 Å². The van der Waals surface area contributed by atoms with Crippen LogP contribution >= 0.6 is 11.8 Å². The zero-order chi connectivity index (χ0) is 10.8. The number of carbonyl (C=O) groups is 2. The molecule has 1 N–H and O–H groups in total. The Labute approximate surface area is 88.8 Å². The number of amides is 1. The molecule has 5 heteroatoms. The number of ether oxygens (including phenoxy) is 1. The van der Waals surface area contributed by atoms with Crippen LogP contribution in [0.2, 0.25) is 0 Å². The molecular formula is C9H17NO3S. The number of esters is 1. The molecule has 4 nitrogen and oxygen atoms in total. The summed E-state index contributed by atoms with van der Waals surface area (Å²) >= 11 is 1.61. The average molecular weight is 219 g/mol. The summed E-state index contributed by atoms with van der Waals surface area (Å²) in [5.74, 6) is 0.312. The van der Waals surface area contributed by atoms with Crippen LogP contribution in [-0.4, -0.2) is 37.0 Å². The highest BCUT2D eigenvalue weighted by Gasteiger charge is 2.04. The van der Waals surface area contributed by atoms with E-state index >= 15 is 0 Å². The van der Waals surface area contributed by atoms with Crippen molar-refractivity contribution in [2.75, 3.05) is 25.2 Å². The van der Waals surface area contributed by atoms with E-state index in [1.165, 1.54) is 0 Å². The Morgan fingerprint density at radius 2 is 2.14 bits per heavy atom. The molecule has 82 valence electrons. The van der Waals surface area contributed by atoms with Gasteiger partial charge in [-0.05, 0) is 12.7 Å². The van der Waals surface area contributed by atoms with Gasteiger partial charge in [0.05, 0.1) is 0 Å². The van der Waals surface area contributed by atoms with E-state index in [2.05, 4.69) is 5.32 Å². The molecule has 0 aromatic heterocycles. The lowest BCUT2D eigenvalue weighted by Crippen LogP contribution is -2.30. The maximum atomic E-state index is 11.0. The third-order valence-electron chi connectivity index (χ3n) is 1.46. The molecule has 0 aliphatic heterocycles. The minimum atomic E-state index is -0.372. The maximum absolute atomic E-state index is 11.0. The molecule has 0 saturated heterocycles. The first-order chi connectivity index (χ1) is 6.70. The van der Waals surface area contributed by atoms with Gasteiger partial charge in [0.1, 0.15) is 13.2 Å². The zero-order valence-electron chi connectivity index (χ0n) is 8.67. The molecule has 0 aromatic carbocycles. The maximum Gasteiger partial charge on any atom is 0.325 e. The SMILES string of the molecule is CCCC(=O)NCC(=O)OCCSC.